The van der Waals surface area contributed by atoms with Crippen LogP contribution in [0.1, 0.15) is 26.3 Å². The minimum absolute atomic E-state index is 0.343. The summed E-state index contributed by atoms with van der Waals surface area (Å²) in [6.07, 6.45) is 1.94. The van der Waals surface area contributed by atoms with Crippen molar-refractivity contribution in [2.75, 3.05) is 11.6 Å². The molecule has 0 radical (unpaired) electrons. The Labute approximate surface area is 107 Å². The SMILES string of the molecule is C=Cc1ccccc1N(C)[Si](C)(C)C(C)(C)C. The highest BCUT2D eigenvalue weighted by molar-refractivity contribution is 6.83. The smallest absolute Gasteiger partial charge is 0.155 e. The molecule has 0 heterocycles. The van der Waals surface area contributed by atoms with E-state index in [0.29, 0.717) is 5.04 Å². The molecule has 0 bridgehead atoms. The Hall–Kier alpha value is -1.02. The Kier molecular flexibility index (Phi) is 3.87. The molecule has 17 heavy (non-hydrogen) atoms. The van der Waals surface area contributed by atoms with Crippen LogP contribution < -0.4 is 4.57 Å². The zero-order chi connectivity index (χ0) is 13.3. The normalized spacial score (nSPS) is 12.4. The van der Waals surface area contributed by atoms with Gasteiger partial charge in [0.1, 0.15) is 0 Å². The predicted octanol–water partition coefficient (Wildman–Crippen LogP) is 4.77. The molecule has 0 spiro atoms. The first-order chi connectivity index (χ1) is 7.71. The van der Waals surface area contributed by atoms with E-state index in [1.807, 2.05) is 6.08 Å². The van der Waals surface area contributed by atoms with Gasteiger partial charge in [-0.2, -0.15) is 0 Å². The predicted molar refractivity (Wildman–Crippen MR) is 82.1 cm³/mol. The van der Waals surface area contributed by atoms with Crippen molar-refractivity contribution in [3.63, 3.8) is 0 Å². The summed E-state index contributed by atoms with van der Waals surface area (Å²) in [6, 6.07) is 8.50. The van der Waals surface area contributed by atoms with Gasteiger partial charge in [0.25, 0.3) is 0 Å². The Bertz CT molecular complexity index is 402. The summed E-state index contributed by atoms with van der Waals surface area (Å²) >= 11 is 0. The monoisotopic (exact) mass is 247 g/mol. The maximum atomic E-state index is 3.91. The van der Waals surface area contributed by atoms with Gasteiger partial charge in [-0.25, -0.2) is 0 Å². The molecule has 2 heteroatoms. The summed E-state index contributed by atoms with van der Waals surface area (Å²) in [4.78, 5) is 0. The van der Waals surface area contributed by atoms with Crippen LogP contribution in [0.25, 0.3) is 6.08 Å². The maximum Gasteiger partial charge on any atom is 0.155 e. The Balaban J connectivity index is 3.21. The Morgan fingerprint density at radius 1 is 1.18 bits per heavy atom. The van der Waals surface area contributed by atoms with E-state index in [9.17, 15) is 0 Å². The summed E-state index contributed by atoms with van der Waals surface area (Å²) in [5, 5.41) is 0.343. The van der Waals surface area contributed by atoms with Crippen molar-refractivity contribution in [2.24, 2.45) is 0 Å². The average Bonchev–Trinajstić information content (AvgIpc) is 2.26. The van der Waals surface area contributed by atoms with Gasteiger partial charge in [0.15, 0.2) is 8.24 Å². The van der Waals surface area contributed by atoms with E-state index in [2.05, 4.69) is 76.3 Å². The number of hydrogen-bond acceptors (Lipinski definition) is 1. The molecular weight excluding hydrogens is 222 g/mol. The van der Waals surface area contributed by atoms with Crippen LogP contribution >= 0.6 is 0 Å². The molecule has 0 amide bonds. The average molecular weight is 247 g/mol. The molecule has 0 aliphatic heterocycles. The van der Waals surface area contributed by atoms with Gasteiger partial charge in [-0.3, -0.25) is 0 Å². The van der Waals surface area contributed by atoms with Crippen LogP contribution in [0.2, 0.25) is 18.1 Å². The lowest BCUT2D eigenvalue weighted by molar-refractivity contribution is 0.712. The summed E-state index contributed by atoms with van der Waals surface area (Å²) < 4.78 is 2.49. The van der Waals surface area contributed by atoms with E-state index in [0.717, 1.165) is 0 Å². The van der Waals surface area contributed by atoms with Crippen LogP contribution in [0.15, 0.2) is 30.8 Å². The molecule has 1 aromatic carbocycles. The third-order valence-electron chi connectivity index (χ3n) is 4.19. The summed E-state index contributed by atoms with van der Waals surface area (Å²) in [6.45, 7) is 15.8. The molecule has 0 saturated carbocycles. The number of rotatable bonds is 3. The first-order valence-electron chi connectivity index (χ1n) is 6.17. The second-order valence-corrected chi connectivity index (χ2v) is 11.4. The van der Waals surface area contributed by atoms with E-state index in [1.54, 1.807) is 0 Å². The lowest BCUT2D eigenvalue weighted by Crippen LogP contribution is -2.53. The maximum absolute atomic E-state index is 3.91. The minimum atomic E-state index is -1.51. The van der Waals surface area contributed by atoms with Crippen LogP contribution in [0.4, 0.5) is 5.69 Å². The fourth-order valence-corrected chi connectivity index (χ4v) is 3.58. The fraction of sp³-hybridized carbons (Fsp3) is 0.467. The van der Waals surface area contributed by atoms with Gasteiger partial charge in [-0.1, -0.05) is 64.7 Å². The Morgan fingerprint density at radius 3 is 2.18 bits per heavy atom. The Morgan fingerprint density at radius 2 is 1.71 bits per heavy atom. The molecule has 0 aliphatic carbocycles. The largest absolute Gasteiger partial charge is 0.399 e. The van der Waals surface area contributed by atoms with Gasteiger partial charge in [0.2, 0.25) is 0 Å². The molecule has 0 atom stereocenters. The van der Waals surface area contributed by atoms with Crippen LogP contribution in [-0.4, -0.2) is 15.3 Å². The third kappa shape index (κ3) is 2.63. The second-order valence-electron chi connectivity index (χ2n) is 6.13. The zero-order valence-electron chi connectivity index (χ0n) is 12.0. The molecule has 0 N–H and O–H groups in total. The van der Waals surface area contributed by atoms with Crippen molar-refractivity contribution in [2.45, 2.75) is 38.9 Å². The molecule has 1 rings (SSSR count). The lowest BCUT2D eigenvalue weighted by Gasteiger charge is -2.45. The topological polar surface area (TPSA) is 3.24 Å². The molecule has 0 fully saturated rings. The van der Waals surface area contributed by atoms with Crippen LogP contribution in [0.3, 0.4) is 0 Å². The van der Waals surface area contributed by atoms with Gasteiger partial charge >= 0.3 is 0 Å². The second kappa shape index (κ2) is 4.69. The zero-order valence-corrected chi connectivity index (χ0v) is 13.0. The molecule has 1 nitrogen and oxygen atoms in total. The number of anilines is 1. The quantitative estimate of drug-likeness (QED) is 0.695. The van der Waals surface area contributed by atoms with Gasteiger partial charge in [0, 0.05) is 5.69 Å². The highest BCUT2D eigenvalue weighted by Crippen LogP contribution is 2.40. The molecule has 0 unspecified atom stereocenters. The van der Waals surface area contributed by atoms with E-state index < -0.39 is 8.24 Å². The summed E-state index contributed by atoms with van der Waals surface area (Å²) in [5.74, 6) is 0. The third-order valence-corrected chi connectivity index (χ3v) is 9.78. The van der Waals surface area contributed by atoms with Gasteiger partial charge in [-0.05, 0) is 23.7 Å². The molecule has 0 aromatic heterocycles. The first kappa shape index (κ1) is 14.0. The van der Waals surface area contributed by atoms with Crippen LogP contribution in [-0.2, 0) is 0 Å². The van der Waals surface area contributed by atoms with E-state index in [1.165, 1.54) is 11.3 Å². The lowest BCUT2D eigenvalue weighted by atomic mass is 10.2. The molecule has 94 valence electrons. The summed E-state index contributed by atoms with van der Waals surface area (Å²) in [7, 11) is 0.711. The molecular formula is C15H25NSi. The minimum Gasteiger partial charge on any atom is -0.399 e. The van der Waals surface area contributed by atoms with Gasteiger partial charge in [0.05, 0.1) is 0 Å². The molecule has 1 aromatic rings. The van der Waals surface area contributed by atoms with Crippen LogP contribution in [0, 0.1) is 0 Å². The van der Waals surface area contributed by atoms with Crippen molar-refractivity contribution >= 4 is 20.0 Å². The number of nitrogens with zero attached hydrogens (tertiary/aromatic N) is 1. The molecule has 0 saturated heterocycles. The van der Waals surface area contributed by atoms with Crippen molar-refractivity contribution in [3.8, 4) is 0 Å². The van der Waals surface area contributed by atoms with Crippen molar-refractivity contribution < 1.29 is 0 Å². The highest BCUT2D eigenvalue weighted by atomic mass is 28.3. The number of benzene rings is 1. The van der Waals surface area contributed by atoms with Crippen LogP contribution in [0.5, 0.6) is 0 Å². The van der Waals surface area contributed by atoms with E-state index in [4.69, 9.17) is 0 Å². The first-order valence-corrected chi connectivity index (χ1v) is 9.12. The van der Waals surface area contributed by atoms with Crippen molar-refractivity contribution in [1.29, 1.82) is 0 Å². The van der Waals surface area contributed by atoms with E-state index in [-0.39, 0.29) is 0 Å². The standard InChI is InChI=1S/C15H25NSi/c1-8-13-11-9-10-12-14(13)16(5)17(6,7)15(2,3)4/h8-12H,1H2,2-7H3. The highest BCUT2D eigenvalue weighted by Gasteiger charge is 2.39. The van der Waals surface area contributed by atoms with E-state index >= 15 is 0 Å². The fourth-order valence-electron chi connectivity index (χ4n) is 1.77. The van der Waals surface area contributed by atoms with Crippen molar-refractivity contribution in [3.05, 3.63) is 36.4 Å². The van der Waals surface area contributed by atoms with Gasteiger partial charge < -0.3 is 4.57 Å². The van der Waals surface area contributed by atoms with Crippen molar-refractivity contribution in [1.82, 2.24) is 0 Å². The molecule has 0 aliphatic rings. The summed E-state index contributed by atoms with van der Waals surface area (Å²) in [5.41, 5.74) is 2.52. The number of para-hydroxylation sites is 1. The van der Waals surface area contributed by atoms with Gasteiger partial charge in [-0.15, -0.1) is 0 Å². The number of hydrogen-bond donors (Lipinski definition) is 0.